The molecule has 0 aromatic heterocycles. The fourth-order valence-corrected chi connectivity index (χ4v) is 1.58. The summed E-state index contributed by atoms with van der Waals surface area (Å²) in [5, 5.41) is 0. The van der Waals surface area contributed by atoms with Gasteiger partial charge < -0.3 is 9.47 Å². The maximum atomic E-state index is 5.56. The van der Waals surface area contributed by atoms with Crippen molar-refractivity contribution in [2.45, 2.75) is 6.42 Å². The lowest BCUT2D eigenvalue weighted by Crippen LogP contribution is -1.89. The highest BCUT2D eigenvalue weighted by molar-refractivity contribution is 5.80. The van der Waals surface area contributed by atoms with Gasteiger partial charge in [0, 0.05) is 12.4 Å². The van der Waals surface area contributed by atoms with Gasteiger partial charge in [0.25, 0.3) is 0 Å². The number of benzene rings is 1. The molecule has 0 amide bonds. The van der Waals surface area contributed by atoms with E-state index in [4.69, 9.17) is 9.47 Å². The molecule has 0 saturated heterocycles. The Kier molecular flexibility index (Phi) is 6.29. The highest BCUT2D eigenvalue weighted by Crippen LogP contribution is 2.19. The van der Waals surface area contributed by atoms with Crippen LogP contribution in [0.5, 0.6) is 5.75 Å². The largest absolute Gasteiger partial charge is 0.469 e. The van der Waals surface area contributed by atoms with Crippen molar-refractivity contribution < 1.29 is 9.47 Å². The molecule has 0 fully saturated rings. The molecule has 0 radical (unpaired) electrons. The van der Waals surface area contributed by atoms with E-state index in [9.17, 15) is 0 Å². The lowest BCUT2D eigenvalue weighted by molar-refractivity contribution is 0.371. The van der Waals surface area contributed by atoms with Gasteiger partial charge in [0.15, 0.2) is 0 Å². The van der Waals surface area contributed by atoms with E-state index >= 15 is 0 Å². The predicted octanol–water partition coefficient (Wildman–Crippen LogP) is 3.79. The minimum absolute atomic E-state index is 0.728. The van der Waals surface area contributed by atoms with Crippen molar-refractivity contribution in [3.05, 3.63) is 79.1 Å². The number of hydrogen-bond donors (Lipinski definition) is 0. The highest BCUT2D eigenvalue weighted by atomic mass is 16.5. The molecule has 1 aliphatic rings. The number of aliphatic imine (C=N–C) groups is 2. The van der Waals surface area contributed by atoms with E-state index in [-0.39, 0.29) is 0 Å². The predicted molar refractivity (Wildman–Crippen MR) is 85.4 cm³/mol. The first-order chi connectivity index (χ1) is 10.5. The summed E-state index contributed by atoms with van der Waals surface area (Å²) in [5.74, 6) is 0.789. The number of allylic oxidation sites excluding steroid dienone is 4. The molecule has 0 aliphatic carbocycles. The molecule has 1 heterocycles. The fraction of sp³-hybridized carbons (Fsp3) is 0.0588. The molecule has 1 aromatic rings. The average Bonchev–Trinajstić information content (AvgIpc) is 2.52. The van der Waals surface area contributed by atoms with Crippen LogP contribution in [0.15, 0.2) is 83.5 Å². The molecule has 0 unspecified atom stereocenters. The van der Waals surface area contributed by atoms with Gasteiger partial charge in [-0.3, -0.25) is 0 Å². The molecule has 0 spiro atoms. The number of nitrogens with zero attached hydrogens (tertiary/aromatic N) is 2. The summed E-state index contributed by atoms with van der Waals surface area (Å²) in [4.78, 5) is 8.05. The van der Waals surface area contributed by atoms with Crippen LogP contribution in [0.4, 0.5) is 0 Å². The third-order valence-corrected chi connectivity index (χ3v) is 2.52. The van der Waals surface area contributed by atoms with Crippen LogP contribution in [0.25, 0.3) is 0 Å². The Morgan fingerprint density at radius 1 is 0.905 bits per heavy atom. The maximum Gasteiger partial charge on any atom is 0.130 e. The summed E-state index contributed by atoms with van der Waals surface area (Å²) in [5.41, 5.74) is 1.07. The minimum Gasteiger partial charge on any atom is -0.469 e. The smallest absolute Gasteiger partial charge is 0.130 e. The van der Waals surface area contributed by atoms with Crippen LogP contribution >= 0.6 is 0 Å². The highest BCUT2D eigenvalue weighted by Gasteiger charge is 1.99. The molecule has 0 N–H and O–H groups in total. The first kappa shape index (κ1) is 14.5. The summed E-state index contributed by atoms with van der Waals surface area (Å²) in [6, 6.07) is 7.82. The van der Waals surface area contributed by atoms with Gasteiger partial charge in [0.05, 0.1) is 6.26 Å². The Bertz CT molecular complexity index is 611. The monoisotopic (exact) mass is 280 g/mol. The second-order valence-electron chi connectivity index (χ2n) is 4.00. The van der Waals surface area contributed by atoms with Crippen molar-refractivity contribution in [1.82, 2.24) is 0 Å². The van der Waals surface area contributed by atoms with Crippen LogP contribution in [0, 0.1) is 0 Å². The van der Waals surface area contributed by atoms with Crippen molar-refractivity contribution >= 4 is 12.6 Å². The van der Waals surface area contributed by atoms with E-state index < -0.39 is 0 Å². The SMILES string of the molecule is C1=N\C=N\C=C\Cc2ccccc2O/C=C/O/C=C/C=C/1. The molecule has 0 atom stereocenters. The maximum absolute atomic E-state index is 5.56. The van der Waals surface area contributed by atoms with Crippen LogP contribution < -0.4 is 4.74 Å². The van der Waals surface area contributed by atoms with Crippen LogP contribution in [-0.4, -0.2) is 12.6 Å². The molecule has 0 saturated carbocycles. The van der Waals surface area contributed by atoms with Gasteiger partial charge >= 0.3 is 0 Å². The molecule has 2 rings (SSSR count). The van der Waals surface area contributed by atoms with Crippen molar-refractivity contribution in [1.29, 1.82) is 0 Å². The first-order valence-electron chi connectivity index (χ1n) is 6.53. The molecule has 4 heteroatoms. The van der Waals surface area contributed by atoms with Crippen LogP contribution in [0.3, 0.4) is 0 Å². The fourth-order valence-electron chi connectivity index (χ4n) is 1.58. The van der Waals surface area contributed by atoms with Gasteiger partial charge in [0.2, 0.25) is 0 Å². The van der Waals surface area contributed by atoms with E-state index in [1.165, 1.54) is 18.9 Å². The van der Waals surface area contributed by atoms with Gasteiger partial charge in [0.1, 0.15) is 24.6 Å². The third kappa shape index (κ3) is 5.74. The van der Waals surface area contributed by atoms with Gasteiger partial charge in [-0.2, -0.15) is 0 Å². The van der Waals surface area contributed by atoms with Crippen molar-refractivity contribution in [2.24, 2.45) is 9.98 Å². The topological polar surface area (TPSA) is 43.2 Å². The standard InChI is InChI=1S/C17H16N2O2/c1-4-10-18-15-19-11-6-8-16-7-2-3-9-17(16)21-14-13-20-12-5-1/h1-7,9-15H,8H2/b4-1+,11-6+,12-5+,14-13+,18-10-,19-15+. The molecular formula is C17H16N2O2. The molecule has 1 aromatic carbocycles. The van der Waals surface area contributed by atoms with Crippen molar-refractivity contribution in [2.75, 3.05) is 0 Å². The Hall–Kier alpha value is -2.88. The van der Waals surface area contributed by atoms with Gasteiger partial charge in [-0.15, -0.1) is 0 Å². The molecule has 106 valence electrons. The number of rotatable bonds is 0. The summed E-state index contributed by atoms with van der Waals surface area (Å²) in [7, 11) is 0. The zero-order valence-electron chi connectivity index (χ0n) is 11.5. The molecular weight excluding hydrogens is 264 g/mol. The second kappa shape index (κ2) is 9.09. The summed E-state index contributed by atoms with van der Waals surface area (Å²) < 4.78 is 10.7. The second-order valence-corrected chi connectivity index (χ2v) is 4.00. The van der Waals surface area contributed by atoms with Gasteiger partial charge in [-0.25, -0.2) is 9.98 Å². The Labute approximate surface area is 124 Å². The molecule has 4 nitrogen and oxygen atoms in total. The number of hydrogen-bond acceptors (Lipinski definition) is 4. The van der Waals surface area contributed by atoms with Gasteiger partial charge in [-0.1, -0.05) is 30.4 Å². The zero-order valence-corrected chi connectivity index (χ0v) is 11.5. The van der Waals surface area contributed by atoms with Crippen molar-refractivity contribution in [3.63, 3.8) is 0 Å². The number of ether oxygens (including phenoxy) is 2. The Morgan fingerprint density at radius 3 is 2.86 bits per heavy atom. The minimum atomic E-state index is 0.728. The summed E-state index contributed by atoms with van der Waals surface area (Å²) >= 11 is 0. The number of para-hydroxylation sites is 1. The molecule has 1 aliphatic heterocycles. The van der Waals surface area contributed by atoms with E-state index in [0.717, 1.165) is 17.7 Å². The summed E-state index contributed by atoms with van der Waals surface area (Å²) in [6.07, 6.45) is 17.4. The van der Waals surface area contributed by atoms with Crippen LogP contribution in [0.2, 0.25) is 0 Å². The van der Waals surface area contributed by atoms with Crippen LogP contribution in [-0.2, 0) is 11.2 Å². The quantitative estimate of drug-likeness (QED) is 0.725. The van der Waals surface area contributed by atoms with Gasteiger partial charge in [-0.05, 0) is 30.2 Å². The van der Waals surface area contributed by atoms with E-state index in [2.05, 4.69) is 9.98 Å². The third-order valence-electron chi connectivity index (χ3n) is 2.52. The summed E-state index contributed by atoms with van der Waals surface area (Å²) in [6.45, 7) is 0. The lowest BCUT2D eigenvalue weighted by atomic mass is 10.1. The normalized spacial score (nSPS) is 24.2. The van der Waals surface area contributed by atoms with E-state index in [0.29, 0.717) is 0 Å². The lowest BCUT2D eigenvalue weighted by Gasteiger charge is -2.05. The van der Waals surface area contributed by atoms with E-state index in [1.54, 1.807) is 36.9 Å². The average molecular weight is 280 g/mol. The first-order valence-corrected chi connectivity index (χ1v) is 6.53. The van der Waals surface area contributed by atoms with Crippen LogP contribution in [0.1, 0.15) is 5.56 Å². The molecule has 21 heavy (non-hydrogen) atoms. The van der Waals surface area contributed by atoms with Crippen molar-refractivity contribution in [3.8, 4) is 5.75 Å². The molecule has 0 bridgehead atoms. The Morgan fingerprint density at radius 2 is 1.86 bits per heavy atom. The van der Waals surface area contributed by atoms with E-state index in [1.807, 2.05) is 30.3 Å². The number of fused-ring (bicyclic) bond motifs is 1. The Balaban J connectivity index is 2.13. The zero-order chi connectivity index (χ0) is 14.6.